The van der Waals surface area contributed by atoms with Crippen molar-refractivity contribution in [3.05, 3.63) is 71.5 Å². The molecule has 0 saturated heterocycles. The number of rotatable bonds is 3. The van der Waals surface area contributed by atoms with Crippen molar-refractivity contribution in [1.82, 2.24) is 5.43 Å². The van der Waals surface area contributed by atoms with Crippen LogP contribution in [0.25, 0.3) is 11.0 Å². The van der Waals surface area contributed by atoms with Gasteiger partial charge in [-0.05, 0) is 23.8 Å². The Kier molecular flexibility index (Phi) is 3.22. The summed E-state index contributed by atoms with van der Waals surface area (Å²) in [5.41, 5.74) is 4.62. The van der Waals surface area contributed by atoms with Crippen LogP contribution in [0.5, 0.6) is 0 Å². The fraction of sp³-hybridized carbons (Fsp3) is 0.0667. The first-order valence-corrected chi connectivity index (χ1v) is 6.08. The number of hydrogen-bond acceptors (Lipinski definition) is 3. The molecule has 0 aliphatic heterocycles. The van der Waals surface area contributed by atoms with Crippen LogP contribution in [0, 0.1) is 11.6 Å². The smallest absolute Gasteiger partial charge is 0.159 e. The van der Waals surface area contributed by atoms with E-state index in [9.17, 15) is 8.78 Å². The lowest BCUT2D eigenvalue weighted by atomic mass is 9.98. The molecule has 2 aromatic carbocycles. The lowest BCUT2D eigenvalue weighted by Gasteiger charge is -2.15. The van der Waals surface area contributed by atoms with Gasteiger partial charge in [-0.2, -0.15) is 0 Å². The summed E-state index contributed by atoms with van der Waals surface area (Å²) < 4.78 is 31.8. The Balaban J connectivity index is 2.11. The number of benzene rings is 2. The van der Waals surface area contributed by atoms with Gasteiger partial charge >= 0.3 is 0 Å². The first-order chi connectivity index (χ1) is 9.70. The molecule has 3 nitrogen and oxygen atoms in total. The van der Waals surface area contributed by atoms with Gasteiger partial charge in [0.1, 0.15) is 5.58 Å². The van der Waals surface area contributed by atoms with E-state index in [1.165, 1.54) is 6.07 Å². The zero-order valence-electron chi connectivity index (χ0n) is 10.4. The van der Waals surface area contributed by atoms with E-state index in [1.54, 1.807) is 6.26 Å². The van der Waals surface area contributed by atoms with Crippen molar-refractivity contribution in [2.75, 3.05) is 0 Å². The molecule has 0 radical (unpaired) electrons. The Morgan fingerprint density at radius 1 is 1.05 bits per heavy atom. The minimum absolute atomic E-state index is 0.478. The van der Waals surface area contributed by atoms with Crippen LogP contribution < -0.4 is 11.3 Å². The highest BCUT2D eigenvalue weighted by molar-refractivity contribution is 5.81. The summed E-state index contributed by atoms with van der Waals surface area (Å²) in [6.45, 7) is 0. The molecule has 0 bridgehead atoms. The van der Waals surface area contributed by atoms with Crippen molar-refractivity contribution in [1.29, 1.82) is 0 Å². The Bertz CT molecular complexity index is 754. The first kappa shape index (κ1) is 12.8. The minimum atomic E-state index is -0.907. The zero-order chi connectivity index (χ0) is 14.1. The molecule has 1 unspecified atom stereocenters. The first-order valence-electron chi connectivity index (χ1n) is 6.08. The Morgan fingerprint density at radius 2 is 1.85 bits per heavy atom. The lowest BCUT2D eigenvalue weighted by molar-refractivity contribution is 0.503. The molecule has 1 atom stereocenters. The van der Waals surface area contributed by atoms with Gasteiger partial charge in [-0.3, -0.25) is 5.84 Å². The Morgan fingerprint density at radius 3 is 2.60 bits per heavy atom. The van der Waals surface area contributed by atoms with Crippen LogP contribution in [-0.4, -0.2) is 0 Å². The van der Waals surface area contributed by atoms with Crippen LogP contribution in [-0.2, 0) is 0 Å². The van der Waals surface area contributed by atoms with Crippen molar-refractivity contribution in [2.45, 2.75) is 6.04 Å². The maximum absolute atomic E-state index is 13.4. The number of nitrogens with two attached hydrogens (primary N) is 1. The predicted octanol–water partition coefficient (Wildman–Crippen LogP) is 3.26. The number of halogens is 2. The molecule has 0 aliphatic rings. The molecule has 102 valence electrons. The summed E-state index contributed by atoms with van der Waals surface area (Å²) in [6.07, 6.45) is 1.57. The van der Waals surface area contributed by atoms with E-state index in [4.69, 9.17) is 10.3 Å². The molecule has 0 saturated carbocycles. The number of fused-ring (bicyclic) bond motifs is 1. The van der Waals surface area contributed by atoms with Crippen LogP contribution in [0.2, 0.25) is 0 Å². The van der Waals surface area contributed by atoms with Gasteiger partial charge in [-0.15, -0.1) is 0 Å². The molecule has 3 N–H and O–H groups in total. The van der Waals surface area contributed by atoms with Gasteiger partial charge in [-0.25, -0.2) is 14.2 Å². The van der Waals surface area contributed by atoms with Crippen molar-refractivity contribution in [2.24, 2.45) is 5.84 Å². The van der Waals surface area contributed by atoms with E-state index in [0.717, 1.165) is 23.1 Å². The van der Waals surface area contributed by atoms with E-state index >= 15 is 0 Å². The summed E-state index contributed by atoms with van der Waals surface area (Å²) >= 11 is 0. The van der Waals surface area contributed by atoms with Crippen LogP contribution in [0.15, 0.2) is 53.1 Å². The summed E-state index contributed by atoms with van der Waals surface area (Å²) in [5, 5.41) is 0.875. The lowest BCUT2D eigenvalue weighted by Crippen LogP contribution is -2.28. The third-order valence-electron chi connectivity index (χ3n) is 3.27. The van der Waals surface area contributed by atoms with Gasteiger partial charge < -0.3 is 4.42 Å². The van der Waals surface area contributed by atoms with Gasteiger partial charge in [0.05, 0.1) is 12.3 Å². The average Bonchev–Trinajstić information content (AvgIpc) is 2.88. The molecular weight excluding hydrogens is 262 g/mol. The highest BCUT2D eigenvalue weighted by Gasteiger charge is 2.19. The normalized spacial score (nSPS) is 12.8. The second-order valence-corrected chi connectivity index (χ2v) is 4.46. The topological polar surface area (TPSA) is 51.2 Å². The van der Waals surface area contributed by atoms with Gasteiger partial charge in [0.15, 0.2) is 11.6 Å². The average molecular weight is 274 g/mol. The molecule has 0 spiro atoms. The molecule has 0 fully saturated rings. The molecule has 1 aromatic heterocycles. The third kappa shape index (κ3) is 2.07. The van der Waals surface area contributed by atoms with Gasteiger partial charge in [0, 0.05) is 10.9 Å². The van der Waals surface area contributed by atoms with E-state index in [-0.39, 0.29) is 0 Å². The summed E-state index contributed by atoms with van der Waals surface area (Å²) in [6, 6.07) is 10.7. The van der Waals surface area contributed by atoms with Gasteiger partial charge in [0.2, 0.25) is 0 Å². The van der Waals surface area contributed by atoms with Crippen molar-refractivity contribution in [3.63, 3.8) is 0 Å². The second-order valence-electron chi connectivity index (χ2n) is 4.46. The summed E-state index contributed by atoms with van der Waals surface area (Å²) in [4.78, 5) is 0. The number of para-hydroxylation sites is 1. The van der Waals surface area contributed by atoms with E-state index < -0.39 is 17.7 Å². The zero-order valence-corrected chi connectivity index (χ0v) is 10.4. The molecule has 3 aromatic rings. The number of hydrogen-bond donors (Lipinski definition) is 2. The van der Waals surface area contributed by atoms with Crippen molar-refractivity contribution >= 4 is 11.0 Å². The quantitative estimate of drug-likeness (QED) is 0.569. The van der Waals surface area contributed by atoms with Crippen LogP contribution in [0.3, 0.4) is 0 Å². The minimum Gasteiger partial charge on any atom is -0.464 e. The highest BCUT2D eigenvalue weighted by Crippen LogP contribution is 2.30. The second kappa shape index (κ2) is 5.03. The molecule has 0 aliphatic carbocycles. The van der Waals surface area contributed by atoms with Crippen molar-refractivity contribution < 1.29 is 13.2 Å². The molecule has 1 heterocycles. The molecule has 20 heavy (non-hydrogen) atoms. The van der Waals surface area contributed by atoms with E-state index in [0.29, 0.717) is 11.1 Å². The monoisotopic (exact) mass is 274 g/mol. The standard InChI is InChI=1S/C15H12F2N2O/c16-12-6-5-9(7-13(12)17)15(19-18)11-8-20-14-4-2-1-3-10(11)14/h1-8,15,19H,18H2. The van der Waals surface area contributed by atoms with E-state index in [2.05, 4.69) is 5.43 Å². The predicted molar refractivity (Wildman–Crippen MR) is 71.7 cm³/mol. The number of furan rings is 1. The van der Waals surface area contributed by atoms with Crippen LogP contribution in [0.4, 0.5) is 8.78 Å². The summed E-state index contributed by atoms with van der Waals surface area (Å²) in [5.74, 6) is 3.77. The van der Waals surface area contributed by atoms with Crippen LogP contribution >= 0.6 is 0 Å². The molecule has 3 rings (SSSR count). The SMILES string of the molecule is NNC(c1ccc(F)c(F)c1)c1coc2ccccc12. The maximum atomic E-state index is 13.4. The molecule has 0 amide bonds. The maximum Gasteiger partial charge on any atom is 0.159 e. The van der Waals surface area contributed by atoms with E-state index in [1.807, 2.05) is 24.3 Å². The fourth-order valence-electron chi connectivity index (χ4n) is 2.28. The fourth-order valence-corrected chi connectivity index (χ4v) is 2.28. The molecular formula is C15H12F2N2O. The number of hydrazine groups is 1. The Hall–Kier alpha value is -2.24. The largest absolute Gasteiger partial charge is 0.464 e. The third-order valence-corrected chi connectivity index (χ3v) is 3.27. The van der Waals surface area contributed by atoms with Crippen LogP contribution in [0.1, 0.15) is 17.2 Å². The van der Waals surface area contributed by atoms with Gasteiger partial charge in [-0.1, -0.05) is 24.3 Å². The molecule has 5 heteroatoms. The van der Waals surface area contributed by atoms with Crippen molar-refractivity contribution in [3.8, 4) is 0 Å². The van der Waals surface area contributed by atoms with Gasteiger partial charge in [0.25, 0.3) is 0 Å². The highest BCUT2D eigenvalue weighted by atomic mass is 19.2. The number of nitrogens with one attached hydrogen (secondary N) is 1. The Labute approximate surface area is 114 Å². The summed E-state index contributed by atoms with van der Waals surface area (Å²) in [7, 11) is 0.